The van der Waals surface area contributed by atoms with Crippen molar-refractivity contribution < 1.29 is 4.39 Å². The van der Waals surface area contributed by atoms with Crippen LogP contribution in [0.2, 0.25) is 5.02 Å². The molecule has 1 aromatic heterocycles. The molecule has 0 bridgehead atoms. The molecular weight excluding hydrogens is 361 g/mol. The van der Waals surface area contributed by atoms with E-state index in [1.165, 1.54) is 17.7 Å². The zero-order chi connectivity index (χ0) is 16.8. The number of thioether (sulfide) groups is 1. The summed E-state index contributed by atoms with van der Waals surface area (Å²) >= 11 is 9.61. The summed E-state index contributed by atoms with van der Waals surface area (Å²) in [5.74, 6) is 1.69. The number of halogens is 2. The van der Waals surface area contributed by atoms with E-state index in [-0.39, 0.29) is 5.82 Å². The normalized spacial score (nSPS) is 10.9. The standard InChI is InChI=1S/C19H17ClFNS2/c20-18-11-16(21)7-6-15(18)10-19-22-17(13-24-19)12-23-9-8-14-4-2-1-3-5-14/h1-7,11,13H,8-10,12H2. The van der Waals surface area contributed by atoms with Gasteiger partial charge in [-0.3, -0.25) is 0 Å². The van der Waals surface area contributed by atoms with E-state index in [0.717, 1.165) is 34.2 Å². The van der Waals surface area contributed by atoms with Crippen LogP contribution in [0.4, 0.5) is 4.39 Å². The van der Waals surface area contributed by atoms with Crippen molar-refractivity contribution in [2.75, 3.05) is 5.75 Å². The number of aryl methyl sites for hydroxylation is 1. The molecule has 124 valence electrons. The average molecular weight is 378 g/mol. The van der Waals surface area contributed by atoms with Gasteiger partial charge in [-0.2, -0.15) is 11.8 Å². The van der Waals surface area contributed by atoms with Crippen molar-refractivity contribution in [3.05, 3.63) is 86.6 Å². The topological polar surface area (TPSA) is 12.9 Å². The number of aromatic nitrogens is 1. The molecule has 0 aliphatic heterocycles. The summed E-state index contributed by atoms with van der Waals surface area (Å²) in [7, 11) is 0. The number of rotatable bonds is 7. The second-order valence-electron chi connectivity index (χ2n) is 5.43. The molecule has 0 saturated heterocycles. The van der Waals surface area contributed by atoms with Gasteiger partial charge >= 0.3 is 0 Å². The lowest BCUT2D eigenvalue weighted by atomic mass is 10.1. The summed E-state index contributed by atoms with van der Waals surface area (Å²) in [6.45, 7) is 0. The van der Waals surface area contributed by atoms with E-state index in [4.69, 9.17) is 11.6 Å². The molecule has 0 atom stereocenters. The second-order valence-corrected chi connectivity index (χ2v) is 7.89. The molecule has 0 aliphatic rings. The fourth-order valence-electron chi connectivity index (χ4n) is 2.34. The first-order valence-electron chi connectivity index (χ1n) is 7.69. The first-order valence-corrected chi connectivity index (χ1v) is 10.1. The number of benzene rings is 2. The lowest BCUT2D eigenvalue weighted by molar-refractivity contribution is 0.627. The van der Waals surface area contributed by atoms with Crippen LogP contribution in [-0.4, -0.2) is 10.7 Å². The first-order chi connectivity index (χ1) is 11.7. The van der Waals surface area contributed by atoms with Crippen molar-refractivity contribution >= 4 is 34.7 Å². The number of hydrogen-bond donors (Lipinski definition) is 0. The zero-order valence-corrected chi connectivity index (χ0v) is 15.4. The third-order valence-electron chi connectivity index (χ3n) is 3.58. The van der Waals surface area contributed by atoms with Gasteiger partial charge in [0.25, 0.3) is 0 Å². The van der Waals surface area contributed by atoms with Crippen LogP contribution >= 0.6 is 34.7 Å². The highest BCUT2D eigenvalue weighted by Crippen LogP contribution is 2.23. The van der Waals surface area contributed by atoms with Gasteiger partial charge < -0.3 is 0 Å². The summed E-state index contributed by atoms with van der Waals surface area (Å²) < 4.78 is 13.1. The molecule has 0 aliphatic carbocycles. The monoisotopic (exact) mass is 377 g/mol. The number of nitrogens with zero attached hydrogens (tertiary/aromatic N) is 1. The van der Waals surface area contributed by atoms with Crippen LogP contribution < -0.4 is 0 Å². The van der Waals surface area contributed by atoms with E-state index in [9.17, 15) is 4.39 Å². The predicted molar refractivity (Wildman–Crippen MR) is 103 cm³/mol. The lowest BCUT2D eigenvalue weighted by Gasteiger charge is -2.02. The summed E-state index contributed by atoms with van der Waals surface area (Å²) in [5, 5.41) is 3.58. The summed E-state index contributed by atoms with van der Waals surface area (Å²) in [4.78, 5) is 4.66. The maximum Gasteiger partial charge on any atom is 0.124 e. The van der Waals surface area contributed by atoms with E-state index in [1.54, 1.807) is 17.4 Å². The van der Waals surface area contributed by atoms with Gasteiger partial charge in [0.15, 0.2) is 0 Å². The minimum absolute atomic E-state index is 0.307. The van der Waals surface area contributed by atoms with Gasteiger partial charge in [-0.25, -0.2) is 9.37 Å². The highest BCUT2D eigenvalue weighted by Gasteiger charge is 2.07. The van der Waals surface area contributed by atoms with E-state index < -0.39 is 0 Å². The van der Waals surface area contributed by atoms with E-state index >= 15 is 0 Å². The number of thiazole rings is 1. The largest absolute Gasteiger partial charge is 0.245 e. The van der Waals surface area contributed by atoms with E-state index in [2.05, 4.69) is 34.6 Å². The SMILES string of the molecule is Fc1ccc(Cc2nc(CSCCc3ccccc3)cs2)c(Cl)c1. The Labute approximate surface area is 154 Å². The molecule has 5 heteroatoms. The van der Waals surface area contributed by atoms with Gasteiger partial charge in [-0.15, -0.1) is 11.3 Å². The molecule has 0 spiro atoms. The molecule has 0 amide bonds. The highest BCUT2D eigenvalue weighted by atomic mass is 35.5. The minimum atomic E-state index is -0.307. The molecule has 3 rings (SSSR count). The van der Waals surface area contributed by atoms with Crippen molar-refractivity contribution in [1.82, 2.24) is 4.98 Å². The highest BCUT2D eigenvalue weighted by molar-refractivity contribution is 7.98. The zero-order valence-electron chi connectivity index (χ0n) is 13.0. The molecule has 2 aromatic carbocycles. The van der Waals surface area contributed by atoms with Crippen LogP contribution in [0, 0.1) is 5.82 Å². The third kappa shape index (κ3) is 5.07. The molecule has 1 nitrogen and oxygen atoms in total. The van der Waals surface area contributed by atoms with Gasteiger partial charge in [-0.1, -0.05) is 48.0 Å². The Morgan fingerprint density at radius 1 is 1.12 bits per heavy atom. The third-order valence-corrected chi connectivity index (χ3v) is 5.83. The van der Waals surface area contributed by atoms with Crippen LogP contribution in [0.3, 0.4) is 0 Å². The first kappa shape index (κ1) is 17.5. The van der Waals surface area contributed by atoms with Gasteiger partial charge in [0.1, 0.15) is 5.82 Å². The van der Waals surface area contributed by atoms with Crippen molar-refractivity contribution in [3.8, 4) is 0 Å². The Balaban J connectivity index is 1.48. The Morgan fingerprint density at radius 3 is 2.75 bits per heavy atom. The molecule has 3 aromatic rings. The quantitative estimate of drug-likeness (QED) is 0.468. The lowest BCUT2D eigenvalue weighted by Crippen LogP contribution is -1.92. The predicted octanol–water partition coefficient (Wildman–Crippen LogP) is 6.00. The molecule has 0 saturated carbocycles. The second kappa shape index (κ2) is 8.65. The maximum absolute atomic E-state index is 13.1. The van der Waals surface area contributed by atoms with Crippen LogP contribution in [0.5, 0.6) is 0 Å². The van der Waals surface area contributed by atoms with Gasteiger partial charge in [0.2, 0.25) is 0 Å². The molecular formula is C19H17ClFNS2. The summed E-state index contributed by atoms with van der Waals surface area (Å²) in [6, 6.07) is 15.0. The van der Waals surface area contributed by atoms with E-state index in [1.807, 2.05) is 17.8 Å². The molecule has 0 fully saturated rings. The minimum Gasteiger partial charge on any atom is -0.245 e. The van der Waals surface area contributed by atoms with Crippen molar-refractivity contribution in [2.24, 2.45) is 0 Å². The average Bonchev–Trinajstić information content (AvgIpc) is 3.03. The molecule has 0 unspecified atom stereocenters. The van der Waals surface area contributed by atoms with Crippen LogP contribution in [0.1, 0.15) is 21.8 Å². The molecule has 0 N–H and O–H groups in total. The van der Waals surface area contributed by atoms with Crippen molar-refractivity contribution in [2.45, 2.75) is 18.6 Å². The van der Waals surface area contributed by atoms with Crippen molar-refractivity contribution in [1.29, 1.82) is 0 Å². The Morgan fingerprint density at radius 2 is 1.96 bits per heavy atom. The Kier molecular flexibility index (Phi) is 6.30. The molecule has 0 radical (unpaired) electrons. The smallest absolute Gasteiger partial charge is 0.124 e. The summed E-state index contributed by atoms with van der Waals surface area (Å²) in [5.41, 5.74) is 3.39. The summed E-state index contributed by atoms with van der Waals surface area (Å²) in [6.07, 6.45) is 1.73. The Hall–Kier alpha value is -1.36. The fraction of sp³-hybridized carbons (Fsp3) is 0.211. The van der Waals surface area contributed by atoms with Gasteiger partial charge in [-0.05, 0) is 35.4 Å². The fourth-order valence-corrected chi connectivity index (χ4v) is 4.37. The van der Waals surface area contributed by atoms with Crippen LogP contribution in [0.15, 0.2) is 53.9 Å². The maximum atomic E-state index is 13.1. The molecule has 1 heterocycles. The van der Waals surface area contributed by atoms with Crippen LogP contribution in [0.25, 0.3) is 0 Å². The van der Waals surface area contributed by atoms with Crippen LogP contribution in [-0.2, 0) is 18.6 Å². The van der Waals surface area contributed by atoms with E-state index in [0.29, 0.717) is 11.4 Å². The van der Waals surface area contributed by atoms with Crippen molar-refractivity contribution in [3.63, 3.8) is 0 Å². The number of hydrogen-bond acceptors (Lipinski definition) is 3. The Bertz CT molecular complexity index is 789. The van der Waals surface area contributed by atoms with Gasteiger partial charge in [0.05, 0.1) is 10.7 Å². The molecule has 24 heavy (non-hydrogen) atoms. The van der Waals surface area contributed by atoms with Gasteiger partial charge in [0, 0.05) is 22.6 Å².